The number of rotatable bonds is 5. The Morgan fingerprint density at radius 2 is 1.67 bits per heavy atom. The highest BCUT2D eigenvalue weighted by atomic mass is 35.5. The molecule has 0 unspecified atom stereocenters. The highest BCUT2D eigenvalue weighted by Gasteiger charge is 2.10. The summed E-state index contributed by atoms with van der Waals surface area (Å²) in [4.78, 5) is 36.8. The molecule has 1 aromatic heterocycles. The van der Waals surface area contributed by atoms with Crippen LogP contribution in [0.5, 0.6) is 0 Å². The van der Waals surface area contributed by atoms with Crippen LogP contribution in [0.2, 0.25) is 5.02 Å². The average molecular weight is 384 g/mol. The van der Waals surface area contributed by atoms with Gasteiger partial charge in [-0.3, -0.25) is 19.0 Å². The van der Waals surface area contributed by atoms with Crippen LogP contribution in [-0.2, 0) is 17.9 Å². The van der Waals surface area contributed by atoms with Crippen LogP contribution in [0.4, 0.5) is 5.69 Å². The third-order valence-electron chi connectivity index (χ3n) is 4.01. The Kier molecular flexibility index (Phi) is 5.57. The van der Waals surface area contributed by atoms with Gasteiger partial charge in [-0.2, -0.15) is 0 Å². The monoisotopic (exact) mass is 383 g/mol. The van der Waals surface area contributed by atoms with Crippen LogP contribution in [0.1, 0.15) is 11.1 Å². The molecule has 0 spiro atoms. The summed E-state index contributed by atoms with van der Waals surface area (Å²) in [5.74, 6) is -0.377. The second kappa shape index (κ2) is 8.05. The van der Waals surface area contributed by atoms with Gasteiger partial charge in [0, 0.05) is 23.1 Å². The lowest BCUT2D eigenvalue weighted by molar-refractivity contribution is -0.116. The molecule has 27 heavy (non-hydrogen) atoms. The van der Waals surface area contributed by atoms with E-state index < -0.39 is 11.1 Å². The Hall–Kier alpha value is -3.12. The van der Waals surface area contributed by atoms with Crippen LogP contribution >= 0.6 is 11.6 Å². The number of nitrogens with zero attached hydrogens (tertiary/aromatic N) is 2. The fraction of sp³-hybridized carbons (Fsp3) is 0.150. The highest BCUT2D eigenvalue weighted by Crippen LogP contribution is 2.10. The van der Waals surface area contributed by atoms with Gasteiger partial charge in [0.2, 0.25) is 5.91 Å². The topological polar surface area (TPSA) is 73.1 Å². The van der Waals surface area contributed by atoms with Crippen LogP contribution in [-0.4, -0.2) is 15.0 Å². The van der Waals surface area contributed by atoms with Gasteiger partial charge in [-0.15, -0.1) is 0 Å². The van der Waals surface area contributed by atoms with E-state index in [0.29, 0.717) is 10.7 Å². The minimum atomic E-state index is -0.745. The summed E-state index contributed by atoms with van der Waals surface area (Å²) in [6.07, 6.45) is 2.94. The molecule has 1 N–H and O–H groups in total. The maximum Gasteiger partial charge on any atom is 0.316 e. The molecule has 0 saturated carbocycles. The molecule has 2 aromatic carbocycles. The number of aryl methyl sites for hydroxylation is 1. The Morgan fingerprint density at radius 1 is 1.00 bits per heavy atom. The Balaban J connectivity index is 1.74. The van der Waals surface area contributed by atoms with Gasteiger partial charge < -0.3 is 9.88 Å². The van der Waals surface area contributed by atoms with Crippen LogP contribution < -0.4 is 16.4 Å². The molecule has 0 bridgehead atoms. The quantitative estimate of drug-likeness (QED) is 0.688. The smallest absolute Gasteiger partial charge is 0.316 e. The van der Waals surface area contributed by atoms with Crippen LogP contribution in [0.25, 0.3) is 0 Å². The van der Waals surface area contributed by atoms with Crippen molar-refractivity contribution >= 4 is 23.2 Å². The Labute approximate surface area is 160 Å². The number of benzene rings is 2. The van der Waals surface area contributed by atoms with Crippen molar-refractivity contribution in [3.8, 4) is 0 Å². The van der Waals surface area contributed by atoms with Crippen molar-refractivity contribution in [2.24, 2.45) is 0 Å². The summed E-state index contributed by atoms with van der Waals surface area (Å²) >= 11 is 5.85. The van der Waals surface area contributed by atoms with Crippen molar-refractivity contribution in [1.29, 1.82) is 0 Å². The van der Waals surface area contributed by atoms with Gasteiger partial charge in [0.05, 0.1) is 6.54 Å². The predicted octanol–water partition coefficient (Wildman–Crippen LogP) is 2.66. The molecular formula is C20H18ClN3O3. The molecule has 0 atom stereocenters. The zero-order chi connectivity index (χ0) is 19.4. The lowest BCUT2D eigenvalue weighted by Crippen LogP contribution is -2.42. The zero-order valence-electron chi connectivity index (χ0n) is 14.7. The third-order valence-corrected chi connectivity index (χ3v) is 4.27. The van der Waals surface area contributed by atoms with Crippen molar-refractivity contribution in [3.05, 3.63) is 97.8 Å². The molecule has 138 valence electrons. The van der Waals surface area contributed by atoms with Gasteiger partial charge in [0.15, 0.2) is 0 Å². The zero-order valence-corrected chi connectivity index (χ0v) is 15.4. The van der Waals surface area contributed by atoms with Gasteiger partial charge in [0.25, 0.3) is 0 Å². The third kappa shape index (κ3) is 4.74. The standard InChI is InChI=1S/C20H18ClN3O3/c1-14-3-2-4-17(11-14)22-18(25)13-24-10-9-23(19(26)20(24)27)12-15-5-7-16(21)8-6-15/h2-11H,12-13H2,1H3,(H,22,25). The maximum absolute atomic E-state index is 12.3. The first-order valence-corrected chi connectivity index (χ1v) is 8.71. The molecule has 0 saturated heterocycles. The van der Waals surface area contributed by atoms with Gasteiger partial charge in [-0.1, -0.05) is 35.9 Å². The number of amides is 1. The van der Waals surface area contributed by atoms with Crippen molar-refractivity contribution in [1.82, 2.24) is 9.13 Å². The molecule has 6 nitrogen and oxygen atoms in total. The highest BCUT2D eigenvalue weighted by molar-refractivity contribution is 6.30. The van der Waals surface area contributed by atoms with E-state index in [1.54, 1.807) is 30.3 Å². The number of halogens is 1. The molecule has 3 aromatic rings. The molecule has 0 aliphatic heterocycles. The first-order valence-electron chi connectivity index (χ1n) is 8.33. The maximum atomic E-state index is 12.3. The normalized spacial score (nSPS) is 10.6. The van der Waals surface area contributed by atoms with Gasteiger partial charge >= 0.3 is 11.1 Å². The summed E-state index contributed by atoms with van der Waals surface area (Å²) in [5.41, 5.74) is 1.07. The second-order valence-electron chi connectivity index (χ2n) is 6.21. The predicted molar refractivity (Wildman–Crippen MR) is 105 cm³/mol. The van der Waals surface area contributed by atoms with Crippen LogP contribution in [0, 0.1) is 6.92 Å². The van der Waals surface area contributed by atoms with E-state index in [1.165, 1.54) is 17.0 Å². The number of nitrogens with one attached hydrogen (secondary N) is 1. The molecule has 0 aliphatic rings. The first-order chi connectivity index (χ1) is 12.9. The molecule has 3 rings (SSSR count). The van der Waals surface area contributed by atoms with E-state index in [0.717, 1.165) is 15.7 Å². The Bertz CT molecular complexity index is 1080. The summed E-state index contributed by atoms with van der Waals surface area (Å²) in [5, 5.41) is 3.32. The van der Waals surface area contributed by atoms with Gasteiger partial charge in [0.1, 0.15) is 6.54 Å². The summed E-state index contributed by atoms with van der Waals surface area (Å²) in [7, 11) is 0. The lowest BCUT2D eigenvalue weighted by Gasteiger charge is -2.10. The molecular weight excluding hydrogens is 366 g/mol. The van der Waals surface area contributed by atoms with Gasteiger partial charge in [-0.25, -0.2) is 0 Å². The molecule has 0 aliphatic carbocycles. The molecule has 1 heterocycles. The summed E-state index contributed by atoms with van der Waals surface area (Å²) in [6, 6.07) is 14.3. The van der Waals surface area contributed by atoms with E-state index in [1.807, 2.05) is 25.1 Å². The number of hydrogen-bond donors (Lipinski definition) is 1. The second-order valence-corrected chi connectivity index (χ2v) is 6.64. The van der Waals surface area contributed by atoms with Crippen molar-refractivity contribution in [2.75, 3.05) is 5.32 Å². The fourth-order valence-corrected chi connectivity index (χ4v) is 2.78. The molecule has 0 fully saturated rings. The van der Waals surface area contributed by atoms with Crippen molar-refractivity contribution < 1.29 is 4.79 Å². The summed E-state index contributed by atoms with van der Waals surface area (Å²) in [6.45, 7) is 1.94. The van der Waals surface area contributed by atoms with Crippen LogP contribution in [0.15, 0.2) is 70.5 Å². The van der Waals surface area contributed by atoms with E-state index in [2.05, 4.69) is 5.32 Å². The minimum absolute atomic E-state index is 0.232. The molecule has 7 heteroatoms. The SMILES string of the molecule is Cc1cccc(NC(=O)Cn2ccn(Cc3ccc(Cl)cc3)c(=O)c2=O)c1. The number of aromatic nitrogens is 2. The van der Waals surface area contributed by atoms with E-state index >= 15 is 0 Å². The van der Waals surface area contributed by atoms with Gasteiger partial charge in [-0.05, 0) is 42.3 Å². The van der Waals surface area contributed by atoms with E-state index in [9.17, 15) is 14.4 Å². The molecule has 0 radical (unpaired) electrons. The Morgan fingerprint density at radius 3 is 2.37 bits per heavy atom. The average Bonchev–Trinajstić information content (AvgIpc) is 2.63. The van der Waals surface area contributed by atoms with Crippen molar-refractivity contribution in [3.63, 3.8) is 0 Å². The lowest BCUT2D eigenvalue weighted by atomic mass is 10.2. The largest absolute Gasteiger partial charge is 0.325 e. The minimum Gasteiger partial charge on any atom is -0.325 e. The molecule has 1 amide bonds. The fourth-order valence-electron chi connectivity index (χ4n) is 2.66. The van der Waals surface area contributed by atoms with Crippen molar-refractivity contribution in [2.45, 2.75) is 20.0 Å². The number of anilines is 1. The van der Waals surface area contributed by atoms with E-state index in [-0.39, 0.29) is 19.0 Å². The number of carbonyl (C=O) groups excluding carboxylic acids is 1. The summed E-state index contributed by atoms with van der Waals surface area (Å²) < 4.78 is 2.41. The number of hydrogen-bond acceptors (Lipinski definition) is 3. The number of carbonyl (C=O) groups is 1. The first kappa shape index (κ1) is 18.7. The van der Waals surface area contributed by atoms with Crippen LogP contribution in [0.3, 0.4) is 0 Å². The van der Waals surface area contributed by atoms with E-state index in [4.69, 9.17) is 11.6 Å².